The van der Waals surface area contributed by atoms with Crippen molar-refractivity contribution in [3.05, 3.63) is 52.9 Å². The molecule has 5 rings (SSSR count). The molecule has 2 fully saturated rings. The predicted molar refractivity (Wildman–Crippen MR) is 119 cm³/mol. The van der Waals surface area contributed by atoms with Crippen molar-refractivity contribution in [1.82, 2.24) is 19.7 Å². The Hall–Kier alpha value is -3.55. The minimum Gasteiger partial charge on any atom is -0.504 e. The second-order valence-corrected chi connectivity index (χ2v) is 8.64. The molecule has 0 bridgehead atoms. The summed E-state index contributed by atoms with van der Waals surface area (Å²) in [5, 5.41) is 16.9. The zero-order valence-corrected chi connectivity index (χ0v) is 18.0. The van der Waals surface area contributed by atoms with Crippen LogP contribution >= 0.6 is 0 Å². The van der Waals surface area contributed by atoms with Gasteiger partial charge in [0, 0.05) is 31.1 Å². The van der Waals surface area contributed by atoms with Crippen LogP contribution in [0.15, 0.2) is 47.3 Å². The molecule has 0 radical (unpaired) electrons. The minimum absolute atomic E-state index is 0.0843. The number of ether oxygens (including phenoxy) is 1. The highest BCUT2D eigenvalue weighted by Crippen LogP contribution is 2.34. The van der Waals surface area contributed by atoms with Gasteiger partial charge in [-0.3, -0.25) is 9.36 Å². The lowest BCUT2D eigenvalue weighted by atomic mass is 10.0. The Balaban J connectivity index is 1.33. The van der Waals surface area contributed by atoms with E-state index in [2.05, 4.69) is 10.2 Å². The maximum atomic E-state index is 12.4. The maximum absolute atomic E-state index is 12.4. The molecule has 8 heteroatoms. The number of aromatic nitrogens is 3. The molecule has 2 aromatic carbocycles. The SMILES string of the molecule is COc1ccc(-c2ccc(-c3n[nH]c(=O)n3CC3CCN(C(=O)C4CC4)C3)cc2)cc1O. The summed E-state index contributed by atoms with van der Waals surface area (Å²) in [5.41, 5.74) is 2.38. The van der Waals surface area contributed by atoms with E-state index in [4.69, 9.17) is 4.74 Å². The monoisotopic (exact) mass is 434 g/mol. The summed E-state index contributed by atoms with van der Waals surface area (Å²) >= 11 is 0. The summed E-state index contributed by atoms with van der Waals surface area (Å²) in [6.07, 6.45) is 2.92. The fourth-order valence-electron chi connectivity index (χ4n) is 4.42. The van der Waals surface area contributed by atoms with E-state index in [-0.39, 0.29) is 29.2 Å². The molecule has 166 valence electrons. The van der Waals surface area contributed by atoms with Crippen molar-refractivity contribution in [3.63, 3.8) is 0 Å². The smallest absolute Gasteiger partial charge is 0.343 e. The number of likely N-dealkylation sites (tertiary alicyclic amines) is 1. The first kappa shape index (κ1) is 20.4. The summed E-state index contributed by atoms with van der Waals surface area (Å²) in [4.78, 5) is 26.7. The van der Waals surface area contributed by atoms with E-state index in [1.165, 1.54) is 7.11 Å². The number of carbonyl (C=O) groups excluding carboxylic acids is 1. The van der Waals surface area contributed by atoms with E-state index in [1.54, 1.807) is 16.7 Å². The van der Waals surface area contributed by atoms with Crippen LogP contribution in [0.3, 0.4) is 0 Å². The molecule has 1 aliphatic heterocycles. The molecule has 1 saturated heterocycles. The van der Waals surface area contributed by atoms with E-state index >= 15 is 0 Å². The van der Waals surface area contributed by atoms with Gasteiger partial charge in [0.1, 0.15) is 0 Å². The number of aromatic amines is 1. The van der Waals surface area contributed by atoms with Crippen LogP contribution < -0.4 is 10.4 Å². The molecule has 2 heterocycles. The molecule has 1 aliphatic carbocycles. The average molecular weight is 434 g/mol. The largest absolute Gasteiger partial charge is 0.504 e. The van der Waals surface area contributed by atoms with Gasteiger partial charge in [-0.2, -0.15) is 5.10 Å². The number of hydrogen-bond donors (Lipinski definition) is 2. The molecule has 2 aliphatic rings. The van der Waals surface area contributed by atoms with Crippen molar-refractivity contribution in [2.75, 3.05) is 20.2 Å². The minimum atomic E-state index is -0.240. The molecule has 1 unspecified atom stereocenters. The molecule has 8 nitrogen and oxygen atoms in total. The number of nitrogens with zero attached hydrogens (tertiary/aromatic N) is 3. The first-order chi connectivity index (χ1) is 15.5. The number of methoxy groups -OCH3 is 1. The third-order valence-electron chi connectivity index (χ3n) is 6.38. The number of phenolic OH excluding ortho intramolecular Hbond substituents is 1. The number of amides is 1. The number of hydrogen-bond acceptors (Lipinski definition) is 5. The van der Waals surface area contributed by atoms with Gasteiger partial charge in [0.05, 0.1) is 7.11 Å². The molecule has 1 aromatic heterocycles. The van der Waals surface area contributed by atoms with Gasteiger partial charge < -0.3 is 14.7 Å². The molecular formula is C24H26N4O4. The number of aromatic hydroxyl groups is 1. The van der Waals surface area contributed by atoms with E-state index in [9.17, 15) is 14.7 Å². The lowest BCUT2D eigenvalue weighted by Gasteiger charge is -2.16. The first-order valence-electron chi connectivity index (χ1n) is 11.0. The number of carbonyl (C=O) groups is 1. The highest BCUT2D eigenvalue weighted by atomic mass is 16.5. The zero-order chi connectivity index (χ0) is 22.2. The summed E-state index contributed by atoms with van der Waals surface area (Å²) < 4.78 is 6.77. The number of nitrogens with one attached hydrogen (secondary N) is 1. The third kappa shape index (κ3) is 3.88. The van der Waals surface area contributed by atoms with Gasteiger partial charge in [-0.15, -0.1) is 0 Å². The van der Waals surface area contributed by atoms with E-state index in [0.29, 0.717) is 24.7 Å². The van der Waals surface area contributed by atoms with Gasteiger partial charge in [-0.25, -0.2) is 9.89 Å². The average Bonchev–Trinajstić information content (AvgIpc) is 3.46. The lowest BCUT2D eigenvalue weighted by molar-refractivity contribution is -0.131. The summed E-state index contributed by atoms with van der Waals surface area (Å²) in [5.74, 6) is 1.84. The van der Waals surface area contributed by atoms with Crippen LogP contribution in [0.1, 0.15) is 19.3 Å². The van der Waals surface area contributed by atoms with Crippen LogP contribution in [0.25, 0.3) is 22.5 Å². The quantitative estimate of drug-likeness (QED) is 0.621. The van der Waals surface area contributed by atoms with Crippen LogP contribution in [0.2, 0.25) is 0 Å². The summed E-state index contributed by atoms with van der Waals surface area (Å²) in [6, 6.07) is 13.0. The van der Waals surface area contributed by atoms with Crippen LogP contribution in [0.4, 0.5) is 0 Å². The van der Waals surface area contributed by atoms with Gasteiger partial charge in [0.15, 0.2) is 17.3 Å². The Kier molecular flexibility index (Phi) is 5.20. The Bertz CT molecular complexity index is 1190. The Labute approximate surface area is 185 Å². The highest BCUT2D eigenvalue weighted by molar-refractivity contribution is 5.81. The van der Waals surface area contributed by atoms with Crippen molar-refractivity contribution in [1.29, 1.82) is 0 Å². The number of H-pyrrole nitrogens is 1. The second-order valence-electron chi connectivity index (χ2n) is 8.64. The standard InChI is InChI=1S/C24H26N4O4/c1-32-21-9-8-19(12-20(21)29)16-2-4-17(5-3-16)22-25-26-24(31)28(22)14-15-10-11-27(13-15)23(30)18-6-7-18/h2-5,8-9,12,15,18,29H,6-7,10-11,13-14H2,1H3,(H,26,31). The Morgan fingerprint density at radius 2 is 1.84 bits per heavy atom. The molecule has 3 aromatic rings. The van der Waals surface area contributed by atoms with Crippen molar-refractivity contribution in [2.45, 2.75) is 25.8 Å². The van der Waals surface area contributed by atoms with Gasteiger partial charge in [-0.05, 0) is 48.4 Å². The maximum Gasteiger partial charge on any atom is 0.343 e. The van der Waals surface area contributed by atoms with Gasteiger partial charge in [0.25, 0.3) is 0 Å². The van der Waals surface area contributed by atoms with E-state index in [0.717, 1.165) is 42.5 Å². The molecule has 1 saturated carbocycles. The molecule has 0 spiro atoms. The molecule has 32 heavy (non-hydrogen) atoms. The number of rotatable bonds is 6. The summed E-state index contributed by atoms with van der Waals surface area (Å²) in [6.45, 7) is 2.00. The normalized spacial score (nSPS) is 18.2. The highest BCUT2D eigenvalue weighted by Gasteiger charge is 2.36. The topological polar surface area (TPSA) is 100 Å². The fourth-order valence-corrected chi connectivity index (χ4v) is 4.42. The second kappa shape index (κ2) is 8.18. The molecule has 1 atom stereocenters. The fraction of sp³-hybridized carbons (Fsp3) is 0.375. The predicted octanol–water partition coefficient (Wildman–Crippen LogP) is 2.88. The molecule has 2 N–H and O–H groups in total. The van der Waals surface area contributed by atoms with Crippen molar-refractivity contribution < 1.29 is 14.6 Å². The van der Waals surface area contributed by atoms with Crippen molar-refractivity contribution >= 4 is 5.91 Å². The third-order valence-corrected chi connectivity index (χ3v) is 6.38. The lowest BCUT2D eigenvalue weighted by Crippen LogP contribution is -2.31. The van der Waals surface area contributed by atoms with Crippen molar-refractivity contribution in [2.24, 2.45) is 11.8 Å². The van der Waals surface area contributed by atoms with Crippen LogP contribution in [-0.4, -0.2) is 50.9 Å². The van der Waals surface area contributed by atoms with Gasteiger partial charge >= 0.3 is 5.69 Å². The van der Waals surface area contributed by atoms with Crippen LogP contribution in [0.5, 0.6) is 11.5 Å². The summed E-state index contributed by atoms with van der Waals surface area (Å²) in [7, 11) is 1.51. The van der Waals surface area contributed by atoms with Crippen LogP contribution in [0, 0.1) is 11.8 Å². The Morgan fingerprint density at radius 3 is 2.53 bits per heavy atom. The van der Waals surface area contributed by atoms with Crippen molar-refractivity contribution in [3.8, 4) is 34.0 Å². The van der Waals surface area contributed by atoms with E-state index < -0.39 is 0 Å². The van der Waals surface area contributed by atoms with Gasteiger partial charge in [0.2, 0.25) is 5.91 Å². The first-order valence-corrected chi connectivity index (χ1v) is 11.0. The molecular weight excluding hydrogens is 408 g/mol. The molecule has 1 amide bonds. The number of phenols is 1. The van der Waals surface area contributed by atoms with Crippen LogP contribution in [-0.2, 0) is 11.3 Å². The van der Waals surface area contributed by atoms with Gasteiger partial charge in [-0.1, -0.05) is 30.3 Å². The van der Waals surface area contributed by atoms with E-state index in [1.807, 2.05) is 35.2 Å². The Morgan fingerprint density at radius 1 is 1.12 bits per heavy atom. The zero-order valence-electron chi connectivity index (χ0n) is 18.0. The number of benzene rings is 2.